The number of hydrogen-bond donors (Lipinski definition) is 1. The number of amides is 2. The number of ether oxygens (including phenoxy) is 1. The summed E-state index contributed by atoms with van der Waals surface area (Å²) in [4.78, 5) is 20.4. The first kappa shape index (κ1) is 17.2. The molecule has 1 aromatic carbocycles. The third-order valence-electron chi connectivity index (χ3n) is 4.23. The van der Waals surface area contributed by atoms with Crippen molar-refractivity contribution in [2.75, 3.05) is 38.3 Å². The quantitative estimate of drug-likeness (QED) is 0.907. The van der Waals surface area contributed by atoms with Gasteiger partial charge in [0, 0.05) is 38.6 Å². The molecular weight excluding hydrogens is 316 g/mol. The first-order valence-electron chi connectivity index (χ1n) is 8.53. The van der Waals surface area contributed by atoms with Crippen LogP contribution in [0.3, 0.4) is 0 Å². The van der Waals surface area contributed by atoms with Crippen molar-refractivity contribution in [3.8, 4) is 0 Å². The molecule has 6 nitrogen and oxygen atoms in total. The van der Waals surface area contributed by atoms with Gasteiger partial charge in [-0.1, -0.05) is 18.2 Å². The fourth-order valence-electron chi connectivity index (χ4n) is 2.78. The lowest BCUT2D eigenvalue weighted by atomic mass is 10.2. The number of carbonyl (C=O) groups excluding carboxylic acids is 1. The number of morpholine rings is 1. The van der Waals surface area contributed by atoms with Crippen molar-refractivity contribution < 1.29 is 9.53 Å². The average Bonchev–Trinajstić information content (AvgIpc) is 2.68. The molecular formula is C19H24N4O2. The van der Waals surface area contributed by atoms with Gasteiger partial charge in [-0.3, -0.25) is 4.98 Å². The second-order valence-electron chi connectivity index (χ2n) is 6.10. The van der Waals surface area contributed by atoms with Crippen LogP contribution in [0.2, 0.25) is 0 Å². The van der Waals surface area contributed by atoms with Gasteiger partial charge in [0.05, 0.1) is 25.5 Å². The maximum atomic E-state index is 12.2. The van der Waals surface area contributed by atoms with Gasteiger partial charge in [-0.05, 0) is 29.8 Å². The number of urea groups is 1. The molecule has 0 spiro atoms. The van der Waals surface area contributed by atoms with E-state index in [4.69, 9.17) is 4.74 Å². The van der Waals surface area contributed by atoms with Gasteiger partial charge in [-0.25, -0.2) is 4.79 Å². The van der Waals surface area contributed by atoms with Gasteiger partial charge in [0.1, 0.15) is 0 Å². The SMILES string of the molecule is CN(Cc1ccc(N2CCOCC2)cc1)C(=O)NCc1ccccn1. The Hall–Kier alpha value is -2.60. The number of pyridine rings is 1. The van der Waals surface area contributed by atoms with Crippen LogP contribution in [0, 0.1) is 0 Å². The number of nitrogens with zero attached hydrogens (tertiary/aromatic N) is 3. The lowest BCUT2D eigenvalue weighted by molar-refractivity contribution is 0.122. The van der Waals surface area contributed by atoms with Gasteiger partial charge in [0.15, 0.2) is 0 Å². The van der Waals surface area contributed by atoms with Gasteiger partial charge >= 0.3 is 6.03 Å². The predicted molar refractivity (Wildman–Crippen MR) is 97.4 cm³/mol. The van der Waals surface area contributed by atoms with Crippen LogP contribution in [0.5, 0.6) is 0 Å². The molecule has 0 atom stereocenters. The van der Waals surface area contributed by atoms with Crippen molar-refractivity contribution in [2.24, 2.45) is 0 Å². The zero-order valence-corrected chi connectivity index (χ0v) is 14.5. The molecule has 0 radical (unpaired) electrons. The molecule has 25 heavy (non-hydrogen) atoms. The Morgan fingerprint density at radius 3 is 2.64 bits per heavy atom. The number of hydrogen-bond acceptors (Lipinski definition) is 4. The van der Waals surface area contributed by atoms with E-state index < -0.39 is 0 Å². The van der Waals surface area contributed by atoms with Gasteiger partial charge in [-0.15, -0.1) is 0 Å². The van der Waals surface area contributed by atoms with Gasteiger partial charge in [0.2, 0.25) is 0 Å². The molecule has 3 rings (SSSR count). The Bertz CT molecular complexity index is 670. The topological polar surface area (TPSA) is 57.7 Å². The summed E-state index contributed by atoms with van der Waals surface area (Å²) < 4.78 is 5.38. The Kier molecular flexibility index (Phi) is 5.85. The highest BCUT2D eigenvalue weighted by atomic mass is 16.5. The molecule has 6 heteroatoms. The first-order valence-corrected chi connectivity index (χ1v) is 8.53. The first-order chi connectivity index (χ1) is 12.2. The standard InChI is InChI=1S/C19H24N4O2/c1-22(19(24)21-14-17-4-2-3-9-20-17)15-16-5-7-18(8-6-16)23-10-12-25-13-11-23/h2-9H,10-15H2,1H3,(H,21,24). The summed E-state index contributed by atoms with van der Waals surface area (Å²) in [6, 6.07) is 13.9. The summed E-state index contributed by atoms with van der Waals surface area (Å²) >= 11 is 0. The van der Waals surface area contributed by atoms with E-state index in [9.17, 15) is 4.79 Å². The normalized spacial score (nSPS) is 14.2. The lowest BCUT2D eigenvalue weighted by Gasteiger charge is -2.29. The van der Waals surface area contributed by atoms with Crippen molar-refractivity contribution in [1.82, 2.24) is 15.2 Å². The summed E-state index contributed by atoms with van der Waals surface area (Å²) in [5.74, 6) is 0. The lowest BCUT2D eigenvalue weighted by Crippen LogP contribution is -2.37. The number of benzene rings is 1. The van der Waals surface area contributed by atoms with Crippen molar-refractivity contribution in [3.05, 3.63) is 59.9 Å². The number of nitrogens with one attached hydrogen (secondary N) is 1. The summed E-state index contributed by atoms with van der Waals surface area (Å²) in [6.45, 7) is 4.41. The van der Waals surface area contributed by atoms with Crippen LogP contribution < -0.4 is 10.2 Å². The van der Waals surface area contributed by atoms with Crippen molar-refractivity contribution in [2.45, 2.75) is 13.1 Å². The van der Waals surface area contributed by atoms with E-state index in [-0.39, 0.29) is 6.03 Å². The third kappa shape index (κ3) is 4.93. The summed E-state index contributed by atoms with van der Waals surface area (Å²) in [7, 11) is 1.80. The Morgan fingerprint density at radius 1 is 1.20 bits per heavy atom. The summed E-state index contributed by atoms with van der Waals surface area (Å²) in [6.07, 6.45) is 1.72. The van der Waals surface area contributed by atoms with E-state index in [1.54, 1.807) is 18.1 Å². The maximum absolute atomic E-state index is 12.2. The second kappa shape index (κ2) is 8.48. The molecule has 2 heterocycles. The zero-order chi connectivity index (χ0) is 17.5. The van der Waals surface area contributed by atoms with Crippen LogP contribution in [0.4, 0.5) is 10.5 Å². The number of aromatic nitrogens is 1. The minimum absolute atomic E-state index is 0.108. The number of anilines is 1. The zero-order valence-electron chi connectivity index (χ0n) is 14.5. The van der Waals surface area contributed by atoms with Crippen molar-refractivity contribution >= 4 is 11.7 Å². The highest BCUT2D eigenvalue weighted by Crippen LogP contribution is 2.17. The Balaban J connectivity index is 1.49. The third-order valence-corrected chi connectivity index (χ3v) is 4.23. The molecule has 1 aliphatic heterocycles. The largest absolute Gasteiger partial charge is 0.378 e. The van der Waals surface area contributed by atoms with E-state index in [2.05, 4.69) is 39.5 Å². The molecule has 0 saturated carbocycles. The summed E-state index contributed by atoms with van der Waals surface area (Å²) in [5, 5.41) is 2.88. The van der Waals surface area contributed by atoms with E-state index in [0.717, 1.165) is 37.6 Å². The van der Waals surface area contributed by atoms with E-state index in [1.165, 1.54) is 5.69 Å². The van der Waals surface area contributed by atoms with Crippen molar-refractivity contribution in [3.63, 3.8) is 0 Å². The molecule has 1 fully saturated rings. The van der Waals surface area contributed by atoms with Gasteiger partial charge < -0.3 is 19.9 Å². The van der Waals surface area contributed by atoms with Crippen LogP contribution >= 0.6 is 0 Å². The van der Waals surface area contributed by atoms with Crippen LogP contribution in [0.25, 0.3) is 0 Å². The van der Waals surface area contributed by atoms with Gasteiger partial charge in [-0.2, -0.15) is 0 Å². The van der Waals surface area contributed by atoms with Crippen LogP contribution in [0.15, 0.2) is 48.7 Å². The average molecular weight is 340 g/mol. The molecule has 0 aliphatic carbocycles. The van der Waals surface area contributed by atoms with Crippen LogP contribution in [-0.4, -0.2) is 49.3 Å². The molecule has 1 saturated heterocycles. The van der Waals surface area contributed by atoms with E-state index in [0.29, 0.717) is 13.1 Å². The molecule has 132 valence electrons. The minimum Gasteiger partial charge on any atom is -0.378 e. The molecule has 1 aliphatic rings. The Labute approximate surface area is 148 Å². The molecule has 2 aromatic rings. The molecule has 2 amide bonds. The highest BCUT2D eigenvalue weighted by molar-refractivity contribution is 5.73. The Morgan fingerprint density at radius 2 is 1.96 bits per heavy atom. The van der Waals surface area contributed by atoms with E-state index in [1.807, 2.05) is 18.2 Å². The summed E-state index contributed by atoms with van der Waals surface area (Å²) in [5.41, 5.74) is 3.15. The maximum Gasteiger partial charge on any atom is 0.317 e. The highest BCUT2D eigenvalue weighted by Gasteiger charge is 2.12. The number of carbonyl (C=O) groups is 1. The molecule has 0 bridgehead atoms. The minimum atomic E-state index is -0.108. The molecule has 1 N–H and O–H groups in total. The van der Waals surface area contributed by atoms with Gasteiger partial charge in [0.25, 0.3) is 0 Å². The smallest absolute Gasteiger partial charge is 0.317 e. The fourth-order valence-corrected chi connectivity index (χ4v) is 2.78. The molecule has 0 unspecified atom stereocenters. The molecule has 1 aromatic heterocycles. The fraction of sp³-hybridized carbons (Fsp3) is 0.368. The van der Waals surface area contributed by atoms with Crippen LogP contribution in [0.1, 0.15) is 11.3 Å². The second-order valence-corrected chi connectivity index (χ2v) is 6.10. The van der Waals surface area contributed by atoms with Crippen LogP contribution in [-0.2, 0) is 17.8 Å². The van der Waals surface area contributed by atoms with E-state index >= 15 is 0 Å². The number of rotatable bonds is 5. The van der Waals surface area contributed by atoms with Crippen molar-refractivity contribution in [1.29, 1.82) is 0 Å². The monoisotopic (exact) mass is 340 g/mol. The predicted octanol–water partition coefficient (Wildman–Crippen LogP) is 2.26.